The summed E-state index contributed by atoms with van der Waals surface area (Å²) in [6.45, 7) is 4.01. The second-order valence-electron chi connectivity index (χ2n) is 8.03. The molecule has 0 radical (unpaired) electrons. The van der Waals surface area contributed by atoms with Gasteiger partial charge in [0.15, 0.2) is 6.61 Å². The summed E-state index contributed by atoms with van der Waals surface area (Å²) < 4.78 is 5.89. The molecule has 0 saturated carbocycles. The number of ether oxygens (including phenoxy) is 1. The Labute approximate surface area is 200 Å². The lowest BCUT2D eigenvalue weighted by atomic mass is 10.0. The summed E-state index contributed by atoms with van der Waals surface area (Å²) in [5.74, 6) is 0.164. The molecule has 5 nitrogen and oxygen atoms in total. The van der Waals surface area contributed by atoms with Gasteiger partial charge in [0.1, 0.15) is 11.8 Å². The number of carbonyl (C=O) groups is 2. The molecule has 2 amide bonds. The SMILES string of the molecule is CNC(=O)C(Cc1ccccc1)N(Cc1ccc(Cl)cc1)C(=O)COc1cc(C)ccc1C. The van der Waals surface area contributed by atoms with Crippen molar-refractivity contribution in [1.82, 2.24) is 10.2 Å². The summed E-state index contributed by atoms with van der Waals surface area (Å²) in [6, 6.07) is 22.1. The monoisotopic (exact) mass is 464 g/mol. The highest BCUT2D eigenvalue weighted by Gasteiger charge is 2.30. The van der Waals surface area contributed by atoms with Gasteiger partial charge in [-0.3, -0.25) is 9.59 Å². The topological polar surface area (TPSA) is 58.6 Å². The predicted octanol–water partition coefficient (Wildman–Crippen LogP) is 4.72. The van der Waals surface area contributed by atoms with Crippen LogP contribution in [0.1, 0.15) is 22.3 Å². The molecule has 3 aromatic carbocycles. The molecule has 0 saturated heterocycles. The first-order valence-electron chi connectivity index (χ1n) is 10.9. The lowest BCUT2D eigenvalue weighted by Gasteiger charge is -2.31. The second-order valence-corrected chi connectivity index (χ2v) is 8.46. The molecule has 1 unspecified atom stereocenters. The fourth-order valence-corrected chi connectivity index (χ4v) is 3.72. The van der Waals surface area contributed by atoms with Crippen molar-refractivity contribution < 1.29 is 14.3 Å². The van der Waals surface area contributed by atoms with Crippen LogP contribution in [0, 0.1) is 13.8 Å². The van der Waals surface area contributed by atoms with Crippen molar-refractivity contribution in [2.75, 3.05) is 13.7 Å². The average molecular weight is 465 g/mol. The van der Waals surface area contributed by atoms with Gasteiger partial charge in [-0.1, -0.05) is 66.2 Å². The van der Waals surface area contributed by atoms with Crippen molar-refractivity contribution in [1.29, 1.82) is 0 Å². The van der Waals surface area contributed by atoms with Gasteiger partial charge in [0.2, 0.25) is 5.91 Å². The van der Waals surface area contributed by atoms with E-state index in [2.05, 4.69) is 5.32 Å². The predicted molar refractivity (Wildman–Crippen MR) is 131 cm³/mol. The van der Waals surface area contributed by atoms with E-state index in [9.17, 15) is 9.59 Å². The van der Waals surface area contributed by atoms with Gasteiger partial charge < -0.3 is 15.0 Å². The number of likely N-dealkylation sites (N-methyl/N-ethyl adjacent to an activating group) is 1. The molecule has 0 heterocycles. The van der Waals surface area contributed by atoms with Crippen molar-refractivity contribution in [2.24, 2.45) is 0 Å². The maximum absolute atomic E-state index is 13.4. The summed E-state index contributed by atoms with van der Waals surface area (Å²) in [5.41, 5.74) is 3.84. The number of halogens is 1. The van der Waals surface area contributed by atoms with Crippen LogP contribution < -0.4 is 10.1 Å². The smallest absolute Gasteiger partial charge is 0.261 e. The number of hydrogen-bond acceptors (Lipinski definition) is 3. The van der Waals surface area contributed by atoms with Gasteiger partial charge in [-0.25, -0.2) is 0 Å². The quantitative estimate of drug-likeness (QED) is 0.498. The lowest BCUT2D eigenvalue weighted by molar-refractivity contribution is -0.142. The standard InChI is InChI=1S/C27H29ClN2O3/c1-19-9-10-20(2)25(15-19)33-18-26(31)30(17-22-11-13-23(28)14-12-22)24(27(32)29-3)16-21-7-5-4-6-8-21/h4-15,24H,16-18H2,1-3H3,(H,29,32). The first kappa shape index (κ1) is 24.3. The Bertz CT molecular complexity index is 1080. The number of carbonyl (C=O) groups excluding carboxylic acids is 2. The molecular formula is C27H29ClN2O3. The summed E-state index contributed by atoms with van der Waals surface area (Å²) in [6.07, 6.45) is 0.392. The largest absolute Gasteiger partial charge is 0.483 e. The third-order valence-corrected chi connectivity index (χ3v) is 5.73. The van der Waals surface area contributed by atoms with E-state index in [4.69, 9.17) is 16.3 Å². The second kappa shape index (κ2) is 11.5. The zero-order chi connectivity index (χ0) is 23.8. The minimum atomic E-state index is -0.692. The van der Waals surface area contributed by atoms with Crippen LogP contribution in [0.5, 0.6) is 5.75 Å². The van der Waals surface area contributed by atoms with E-state index in [-0.39, 0.29) is 25.0 Å². The normalized spacial score (nSPS) is 11.5. The maximum atomic E-state index is 13.4. The number of aryl methyl sites for hydroxylation is 2. The summed E-state index contributed by atoms with van der Waals surface area (Å²) in [4.78, 5) is 27.9. The van der Waals surface area contributed by atoms with E-state index in [1.807, 2.05) is 74.5 Å². The molecule has 0 aliphatic rings. The van der Waals surface area contributed by atoms with E-state index >= 15 is 0 Å². The Hall–Kier alpha value is -3.31. The Balaban J connectivity index is 1.88. The van der Waals surface area contributed by atoms with Crippen molar-refractivity contribution in [2.45, 2.75) is 32.9 Å². The Morgan fingerprint density at radius 2 is 1.67 bits per heavy atom. The zero-order valence-electron chi connectivity index (χ0n) is 19.2. The highest BCUT2D eigenvalue weighted by molar-refractivity contribution is 6.30. The molecule has 3 rings (SSSR count). The first-order valence-corrected chi connectivity index (χ1v) is 11.2. The van der Waals surface area contributed by atoms with E-state index < -0.39 is 6.04 Å². The Morgan fingerprint density at radius 3 is 2.33 bits per heavy atom. The van der Waals surface area contributed by atoms with E-state index in [0.717, 1.165) is 22.3 Å². The first-order chi connectivity index (χ1) is 15.9. The van der Waals surface area contributed by atoms with Gasteiger partial charge in [0.05, 0.1) is 0 Å². The summed E-state index contributed by atoms with van der Waals surface area (Å²) in [7, 11) is 1.58. The van der Waals surface area contributed by atoms with Crippen LogP contribution in [-0.2, 0) is 22.6 Å². The zero-order valence-corrected chi connectivity index (χ0v) is 19.9. The van der Waals surface area contributed by atoms with Crippen LogP contribution in [0.4, 0.5) is 0 Å². The number of benzene rings is 3. The molecule has 0 aliphatic heterocycles. The fourth-order valence-electron chi connectivity index (χ4n) is 3.59. The van der Waals surface area contributed by atoms with Crippen LogP contribution >= 0.6 is 11.6 Å². The molecule has 0 bridgehead atoms. The van der Waals surface area contributed by atoms with E-state index in [1.54, 1.807) is 24.1 Å². The molecule has 0 aliphatic carbocycles. The highest BCUT2D eigenvalue weighted by Crippen LogP contribution is 2.21. The van der Waals surface area contributed by atoms with Gasteiger partial charge in [0.25, 0.3) is 5.91 Å². The Kier molecular flexibility index (Phi) is 8.50. The fraction of sp³-hybridized carbons (Fsp3) is 0.259. The molecule has 0 fully saturated rings. The molecule has 0 spiro atoms. The number of rotatable bonds is 9. The molecule has 1 N–H and O–H groups in total. The van der Waals surface area contributed by atoms with Gasteiger partial charge in [-0.15, -0.1) is 0 Å². The molecule has 1 atom stereocenters. The van der Waals surface area contributed by atoms with Gasteiger partial charge in [-0.2, -0.15) is 0 Å². The summed E-state index contributed by atoms with van der Waals surface area (Å²) in [5, 5.41) is 3.32. The van der Waals surface area contributed by atoms with Crippen molar-refractivity contribution in [3.8, 4) is 5.75 Å². The van der Waals surface area contributed by atoms with Crippen LogP contribution in [-0.4, -0.2) is 36.4 Å². The van der Waals surface area contributed by atoms with E-state index in [1.165, 1.54) is 0 Å². The van der Waals surface area contributed by atoms with Crippen molar-refractivity contribution in [3.05, 3.63) is 100 Å². The van der Waals surface area contributed by atoms with Gasteiger partial charge in [0, 0.05) is 25.0 Å². The number of nitrogens with one attached hydrogen (secondary N) is 1. The molecule has 0 aromatic heterocycles. The third kappa shape index (κ3) is 6.83. The van der Waals surface area contributed by atoms with Crippen LogP contribution in [0.15, 0.2) is 72.8 Å². The van der Waals surface area contributed by atoms with Crippen LogP contribution in [0.25, 0.3) is 0 Å². The highest BCUT2D eigenvalue weighted by atomic mass is 35.5. The van der Waals surface area contributed by atoms with Crippen LogP contribution in [0.3, 0.4) is 0 Å². The third-order valence-electron chi connectivity index (χ3n) is 5.48. The molecule has 33 heavy (non-hydrogen) atoms. The maximum Gasteiger partial charge on any atom is 0.261 e. The average Bonchev–Trinajstić information content (AvgIpc) is 2.83. The minimum absolute atomic E-state index is 0.167. The number of hydrogen-bond donors (Lipinski definition) is 1. The lowest BCUT2D eigenvalue weighted by Crippen LogP contribution is -2.51. The van der Waals surface area contributed by atoms with E-state index in [0.29, 0.717) is 17.2 Å². The number of nitrogens with zero attached hydrogens (tertiary/aromatic N) is 1. The van der Waals surface area contributed by atoms with Crippen LogP contribution in [0.2, 0.25) is 5.02 Å². The Morgan fingerprint density at radius 1 is 0.970 bits per heavy atom. The van der Waals surface area contributed by atoms with Gasteiger partial charge in [-0.05, 0) is 54.3 Å². The minimum Gasteiger partial charge on any atom is -0.483 e. The van der Waals surface area contributed by atoms with Crippen molar-refractivity contribution >= 4 is 23.4 Å². The number of amides is 2. The van der Waals surface area contributed by atoms with Gasteiger partial charge >= 0.3 is 0 Å². The summed E-state index contributed by atoms with van der Waals surface area (Å²) >= 11 is 6.03. The van der Waals surface area contributed by atoms with Crippen molar-refractivity contribution in [3.63, 3.8) is 0 Å². The molecule has 172 valence electrons. The molecule has 6 heteroatoms. The molecular weight excluding hydrogens is 436 g/mol. The molecule has 3 aromatic rings.